The summed E-state index contributed by atoms with van der Waals surface area (Å²) < 4.78 is 22.6. The van der Waals surface area contributed by atoms with Crippen molar-refractivity contribution >= 4 is 33.0 Å². The topological polar surface area (TPSA) is 63.2 Å². The third-order valence-electron chi connectivity index (χ3n) is 2.91. The van der Waals surface area contributed by atoms with Gasteiger partial charge in [-0.3, -0.25) is 4.79 Å². The van der Waals surface area contributed by atoms with Crippen molar-refractivity contribution in [2.45, 2.75) is 12.8 Å². The van der Waals surface area contributed by atoms with Crippen molar-refractivity contribution < 1.29 is 13.2 Å². The Hall–Kier alpha value is -1.07. The van der Waals surface area contributed by atoms with Crippen LogP contribution >= 0.6 is 11.6 Å². The first-order chi connectivity index (χ1) is 8.44. The molecule has 6 heteroatoms. The fourth-order valence-corrected chi connectivity index (χ4v) is 4.13. The number of nitrogens with one attached hydrogen (secondary N) is 1. The zero-order valence-corrected chi connectivity index (χ0v) is 11.3. The fraction of sp³-hybridized carbons (Fsp3) is 0.417. The Morgan fingerprint density at radius 3 is 2.83 bits per heavy atom. The minimum Gasteiger partial charge on any atom is -0.326 e. The molecule has 0 bridgehead atoms. The van der Waals surface area contributed by atoms with Gasteiger partial charge in [0.2, 0.25) is 5.91 Å². The van der Waals surface area contributed by atoms with Crippen LogP contribution in [0.1, 0.15) is 12.8 Å². The molecule has 0 aliphatic carbocycles. The number of benzene rings is 1. The lowest BCUT2D eigenvalue weighted by atomic mass is 10.1. The van der Waals surface area contributed by atoms with Crippen LogP contribution in [-0.4, -0.2) is 25.8 Å². The van der Waals surface area contributed by atoms with E-state index in [-0.39, 0.29) is 29.8 Å². The van der Waals surface area contributed by atoms with Crippen molar-refractivity contribution in [3.63, 3.8) is 0 Å². The highest BCUT2D eigenvalue weighted by atomic mass is 35.5. The van der Waals surface area contributed by atoms with E-state index in [1.165, 1.54) is 0 Å². The molecule has 18 heavy (non-hydrogen) atoms. The fourth-order valence-electron chi connectivity index (χ4n) is 2.07. The highest BCUT2D eigenvalue weighted by Crippen LogP contribution is 2.22. The third-order valence-corrected chi connectivity index (χ3v) is 4.98. The van der Waals surface area contributed by atoms with Crippen LogP contribution in [0.5, 0.6) is 0 Å². The molecule has 1 aromatic rings. The van der Waals surface area contributed by atoms with Gasteiger partial charge in [0.1, 0.15) is 0 Å². The number of carbonyl (C=O) groups excluding carboxylic acids is 1. The Morgan fingerprint density at radius 1 is 1.44 bits per heavy atom. The van der Waals surface area contributed by atoms with E-state index in [9.17, 15) is 13.2 Å². The van der Waals surface area contributed by atoms with Crippen LogP contribution in [0.25, 0.3) is 0 Å². The second kappa shape index (κ2) is 5.28. The summed E-state index contributed by atoms with van der Waals surface area (Å²) in [6, 6.07) is 6.87. The Bertz CT molecular complexity index is 556. The van der Waals surface area contributed by atoms with E-state index >= 15 is 0 Å². The van der Waals surface area contributed by atoms with Crippen molar-refractivity contribution in [1.29, 1.82) is 0 Å². The standard InChI is InChI=1S/C12H14ClNO3S/c13-10-2-1-3-11(7-10)14-12(15)6-9-4-5-18(16,17)8-9/h1-3,7,9H,4-6,8H2,(H,14,15)/t9-/m1/s1. The van der Waals surface area contributed by atoms with Gasteiger partial charge < -0.3 is 5.32 Å². The van der Waals surface area contributed by atoms with Gasteiger partial charge >= 0.3 is 0 Å². The monoisotopic (exact) mass is 287 g/mol. The molecule has 4 nitrogen and oxygen atoms in total. The van der Waals surface area contributed by atoms with Gasteiger partial charge in [0.25, 0.3) is 0 Å². The maximum absolute atomic E-state index is 11.7. The molecule has 0 saturated carbocycles. The minimum atomic E-state index is -2.92. The van der Waals surface area contributed by atoms with Crippen LogP contribution < -0.4 is 5.32 Å². The molecule has 0 radical (unpaired) electrons. The molecule has 1 heterocycles. The molecule has 1 atom stereocenters. The van der Waals surface area contributed by atoms with Gasteiger partial charge in [0, 0.05) is 17.1 Å². The molecule has 0 spiro atoms. The predicted octanol–water partition coefficient (Wildman–Crippen LogP) is 2.10. The number of hydrogen-bond acceptors (Lipinski definition) is 3. The van der Waals surface area contributed by atoms with Gasteiger partial charge in [-0.2, -0.15) is 0 Å². The lowest BCUT2D eigenvalue weighted by Crippen LogP contribution is -2.17. The summed E-state index contributed by atoms with van der Waals surface area (Å²) in [5.74, 6) is 0.0893. The number of hydrogen-bond donors (Lipinski definition) is 1. The summed E-state index contributed by atoms with van der Waals surface area (Å²) in [5, 5.41) is 3.27. The van der Waals surface area contributed by atoms with Crippen LogP contribution in [0.4, 0.5) is 5.69 Å². The van der Waals surface area contributed by atoms with E-state index in [1.807, 2.05) is 0 Å². The van der Waals surface area contributed by atoms with Crippen LogP contribution in [-0.2, 0) is 14.6 Å². The van der Waals surface area contributed by atoms with Crippen LogP contribution in [0.15, 0.2) is 24.3 Å². The molecule has 1 N–H and O–H groups in total. The van der Waals surface area contributed by atoms with Gasteiger partial charge in [0.15, 0.2) is 9.84 Å². The van der Waals surface area contributed by atoms with Crippen LogP contribution in [0, 0.1) is 5.92 Å². The predicted molar refractivity (Wildman–Crippen MR) is 71.5 cm³/mol. The number of carbonyl (C=O) groups is 1. The van der Waals surface area contributed by atoms with Crippen molar-refractivity contribution in [1.82, 2.24) is 0 Å². The van der Waals surface area contributed by atoms with Crippen molar-refractivity contribution in [2.24, 2.45) is 5.92 Å². The average molecular weight is 288 g/mol. The molecule has 0 aromatic heterocycles. The Kier molecular flexibility index (Phi) is 3.92. The molecule has 1 fully saturated rings. The first-order valence-electron chi connectivity index (χ1n) is 5.70. The van der Waals surface area contributed by atoms with Gasteiger partial charge in [-0.15, -0.1) is 0 Å². The molecule has 1 aliphatic rings. The van der Waals surface area contributed by atoms with E-state index in [0.717, 1.165) is 0 Å². The Morgan fingerprint density at radius 2 is 2.22 bits per heavy atom. The van der Waals surface area contributed by atoms with E-state index in [1.54, 1.807) is 24.3 Å². The quantitative estimate of drug-likeness (QED) is 0.926. The normalized spacial score (nSPS) is 21.7. The van der Waals surface area contributed by atoms with Crippen molar-refractivity contribution in [3.8, 4) is 0 Å². The number of rotatable bonds is 3. The second-order valence-electron chi connectivity index (χ2n) is 4.53. The zero-order valence-electron chi connectivity index (χ0n) is 9.73. The number of sulfone groups is 1. The summed E-state index contributed by atoms with van der Waals surface area (Å²) in [5.41, 5.74) is 0.633. The molecule has 1 aromatic carbocycles. The van der Waals surface area contributed by atoms with E-state index < -0.39 is 9.84 Å². The first kappa shape index (κ1) is 13.4. The molecule has 1 aliphatic heterocycles. The first-order valence-corrected chi connectivity index (χ1v) is 7.90. The minimum absolute atomic E-state index is 0.0609. The smallest absolute Gasteiger partial charge is 0.224 e. The van der Waals surface area contributed by atoms with Gasteiger partial charge in [-0.25, -0.2) is 8.42 Å². The van der Waals surface area contributed by atoms with Gasteiger partial charge in [-0.1, -0.05) is 17.7 Å². The number of halogens is 1. The Labute approximate surface area is 111 Å². The third kappa shape index (κ3) is 3.71. The number of amides is 1. The average Bonchev–Trinajstić information content (AvgIpc) is 2.57. The zero-order chi connectivity index (χ0) is 13.2. The highest BCUT2D eigenvalue weighted by Gasteiger charge is 2.29. The van der Waals surface area contributed by atoms with Gasteiger partial charge in [-0.05, 0) is 30.5 Å². The van der Waals surface area contributed by atoms with E-state index in [0.29, 0.717) is 17.1 Å². The summed E-state index contributed by atoms with van der Waals surface area (Å²) in [6.07, 6.45) is 0.817. The second-order valence-corrected chi connectivity index (χ2v) is 7.20. The van der Waals surface area contributed by atoms with E-state index in [4.69, 9.17) is 11.6 Å². The van der Waals surface area contributed by atoms with E-state index in [2.05, 4.69) is 5.32 Å². The molecule has 0 unspecified atom stereocenters. The molecule has 1 saturated heterocycles. The highest BCUT2D eigenvalue weighted by molar-refractivity contribution is 7.91. The summed E-state index contributed by atoms with van der Waals surface area (Å²) >= 11 is 5.81. The lowest BCUT2D eigenvalue weighted by Gasteiger charge is -2.08. The Balaban J connectivity index is 1.90. The van der Waals surface area contributed by atoms with Crippen molar-refractivity contribution in [2.75, 3.05) is 16.8 Å². The maximum atomic E-state index is 11.7. The lowest BCUT2D eigenvalue weighted by molar-refractivity contribution is -0.116. The largest absolute Gasteiger partial charge is 0.326 e. The molecular weight excluding hydrogens is 274 g/mol. The summed E-state index contributed by atoms with van der Waals surface area (Å²) in [7, 11) is -2.92. The SMILES string of the molecule is O=C(C[C@H]1CCS(=O)(=O)C1)Nc1cccc(Cl)c1. The molecule has 1 amide bonds. The molecule has 98 valence electrons. The summed E-state index contributed by atoms with van der Waals surface area (Å²) in [4.78, 5) is 11.7. The van der Waals surface area contributed by atoms with Gasteiger partial charge in [0.05, 0.1) is 11.5 Å². The molecular formula is C12H14ClNO3S. The molecule has 2 rings (SSSR count). The summed E-state index contributed by atoms with van der Waals surface area (Å²) in [6.45, 7) is 0. The number of anilines is 1. The van der Waals surface area contributed by atoms with Crippen LogP contribution in [0.3, 0.4) is 0 Å². The van der Waals surface area contributed by atoms with Crippen LogP contribution in [0.2, 0.25) is 5.02 Å². The van der Waals surface area contributed by atoms with Crippen molar-refractivity contribution in [3.05, 3.63) is 29.3 Å². The maximum Gasteiger partial charge on any atom is 0.224 e.